The van der Waals surface area contributed by atoms with E-state index in [0.29, 0.717) is 6.42 Å². The zero-order valence-corrected chi connectivity index (χ0v) is 17.5. The topological polar surface area (TPSA) is 107 Å². The number of rotatable bonds is 9. The van der Waals surface area contributed by atoms with Gasteiger partial charge in [-0.15, -0.1) is 0 Å². The molecule has 2 N–H and O–H groups in total. The maximum Gasteiger partial charge on any atom is 0.330 e. The molecule has 0 spiro atoms. The number of sulfonamides is 1. The van der Waals surface area contributed by atoms with E-state index in [-0.39, 0.29) is 24.7 Å². The van der Waals surface area contributed by atoms with Gasteiger partial charge in [0.1, 0.15) is 6.04 Å². The van der Waals surface area contributed by atoms with Crippen molar-refractivity contribution in [2.75, 3.05) is 12.4 Å². The number of nitrogens with two attached hydrogens (primary N) is 1. The Bertz CT molecular complexity index is 781. The number of benzene rings is 1. The van der Waals surface area contributed by atoms with Crippen LogP contribution >= 0.6 is 0 Å². The number of carbonyl (C=O) groups excluding carboxylic acids is 2. The zero-order chi connectivity index (χ0) is 20.9. The minimum absolute atomic E-state index is 0.0241. The Morgan fingerprint density at radius 3 is 2.46 bits per heavy atom. The number of ether oxygens (including phenoxy) is 1. The van der Waals surface area contributed by atoms with Crippen LogP contribution < -0.4 is 5.73 Å². The van der Waals surface area contributed by atoms with Gasteiger partial charge in [0.05, 0.1) is 12.4 Å². The molecule has 1 aliphatic heterocycles. The van der Waals surface area contributed by atoms with Crippen LogP contribution in [0.3, 0.4) is 0 Å². The number of hydrogen-bond donors (Lipinski definition) is 1. The first kappa shape index (κ1) is 22.4. The monoisotopic (exact) mass is 410 g/mol. The van der Waals surface area contributed by atoms with Gasteiger partial charge in [-0.2, -0.15) is 0 Å². The molecule has 2 rings (SSSR count). The van der Waals surface area contributed by atoms with Crippen LogP contribution in [-0.4, -0.2) is 49.0 Å². The van der Waals surface area contributed by atoms with Gasteiger partial charge in [-0.05, 0) is 17.9 Å². The van der Waals surface area contributed by atoms with Gasteiger partial charge in [-0.1, -0.05) is 57.5 Å². The van der Waals surface area contributed by atoms with Crippen molar-refractivity contribution in [3.05, 3.63) is 35.9 Å². The standard InChI is InChI=1S/C20H30N2O5S/c1-4-14(2)17(21)13-28(25,26)22(18-10-11-27-20(18)24)19(23)15(3)12-16-8-6-5-7-9-16/h5-9,14-15,17-18H,4,10-13,21H2,1-3H3/t14-,15?,17?,18-/m0/s1. The summed E-state index contributed by atoms with van der Waals surface area (Å²) in [6.45, 7) is 5.57. The summed E-state index contributed by atoms with van der Waals surface area (Å²) in [6.07, 6.45) is 1.27. The summed E-state index contributed by atoms with van der Waals surface area (Å²) < 4.78 is 31.9. The van der Waals surface area contributed by atoms with Crippen molar-refractivity contribution < 1.29 is 22.7 Å². The Morgan fingerprint density at radius 2 is 1.93 bits per heavy atom. The highest BCUT2D eigenvalue weighted by molar-refractivity contribution is 7.89. The lowest BCUT2D eigenvalue weighted by Gasteiger charge is -2.30. The first-order valence-electron chi connectivity index (χ1n) is 9.69. The molecule has 0 aliphatic carbocycles. The Labute approximate surface area is 167 Å². The van der Waals surface area contributed by atoms with Crippen LogP contribution in [0.15, 0.2) is 30.3 Å². The Hall–Kier alpha value is -1.93. The van der Waals surface area contributed by atoms with Crippen molar-refractivity contribution in [2.24, 2.45) is 17.6 Å². The fourth-order valence-electron chi connectivity index (χ4n) is 3.25. The van der Waals surface area contributed by atoms with Gasteiger partial charge in [-0.3, -0.25) is 4.79 Å². The molecular formula is C20H30N2O5S. The van der Waals surface area contributed by atoms with Crippen LogP contribution in [0, 0.1) is 11.8 Å². The molecule has 1 fully saturated rings. The Balaban J connectivity index is 2.28. The minimum atomic E-state index is -4.07. The summed E-state index contributed by atoms with van der Waals surface area (Å²) in [7, 11) is -4.07. The predicted molar refractivity (Wildman–Crippen MR) is 107 cm³/mol. The molecule has 28 heavy (non-hydrogen) atoms. The van der Waals surface area contributed by atoms with Crippen molar-refractivity contribution in [2.45, 2.75) is 52.1 Å². The molecule has 1 saturated heterocycles. The summed E-state index contributed by atoms with van der Waals surface area (Å²) in [5, 5.41) is 0. The van der Waals surface area contributed by atoms with Crippen LogP contribution in [0.25, 0.3) is 0 Å². The van der Waals surface area contributed by atoms with Crippen LogP contribution in [0.2, 0.25) is 0 Å². The van der Waals surface area contributed by atoms with E-state index < -0.39 is 39.9 Å². The maximum absolute atomic E-state index is 13.1. The van der Waals surface area contributed by atoms with Crippen molar-refractivity contribution in [1.82, 2.24) is 4.31 Å². The molecule has 1 aromatic rings. The van der Waals surface area contributed by atoms with E-state index >= 15 is 0 Å². The van der Waals surface area contributed by atoms with E-state index in [2.05, 4.69) is 0 Å². The van der Waals surface area contributed by atoms with Gasteiger partial charge in [-0.25, -0.2) is 17.5 Å². The molecule has 7 nitrogen and oxygen atoms in total. The lowest BCUT2D eigenvalue weighted by atomic mass is 10.00. The number of cyclic esters (lactones) is 1. The van der Waals surface area contributed by atoms with Gasteiger partial charge in [0, 0.05) is 18.4 Å². The van der Waals surface area contributed by atoms with E-state index in [9.17, 15) is 18.0 Å². The Kier molecular flexibility index (Phi) is 7.60. The average molecular weight is 411 g/mol. The average Bonchev–Trinajstić information content (AvgIpc) is 3.06. The molecule has 8 heteroatoms. The quantitative estimate of drug-likeness (QED) is 0.621. The number of hydrogen-bond acceptors (Lipinski definition) is 6. The van der Waals surface area contributed by atoms with Crippen molar-refractivity contribution >= 4 is 21.9 Å². The molecule has 1 heterocycles. The molecule has 1 amide bonds. The number of esters is 1. The van der Waals surface area contributed by atoms with E-state index in [1.165, 1.54) is 0 Å². The lowest BCUT2D eigenvalue weighted by Crippen LogP contribution is -2.52. The second-order valence-electron chi connectivity index (χ2n) is 7.52. The number of nitrogens with zero attached hydrogens (tertiary/aromatic N) is 1. The largest absolute Gasteiger partial charge is 0.464 e. The summed E-state index contributed by atoms with van der Waals surface area (Å²) in [5.41, 5.74) is 6.97. The van der Waals surface area contributed by atoms with Crippen LogP contribution in [0.1, 0.15) is 39.2 Å². The first-order chi connectivity index (χ1) is 13.2. The molecule has 0 aromatic heterocycles. The second kappa shape index (κ2) is 9.52. The normalized spacial score (nSPS) is 20.3. The summed E-state index contributed by atoms with van der Waals surface area (Å²) in [4.78, 5) is 25.3. The molecule has 0 saturated carbocycles. The van der Waals surface area contributed by atoms with Gasteiger partial charge in [0.2, 0.25) is 15.9 Å². The van der Waals surface area contributed by atoms with Gasteiger partial charge in [0.15, 0.2) is 0 Å². The van der Waals surface area contributed by atoms with Crippen molar-refractivity contribution in [3.63, 3.8) is 0 Å². The van der Waals surface area contributed by atoms with E-state index in [0.717, 1.165) is 16.3 Å². The smallest absolute Gasteiger partial charge is 0.330 e. The highest BCUT2D eigenvalue weighted by atomic mass is 32.2. The van der Waals surface area contributed by atoms with Crippen LogP contribution in [0.4, 0.5) is 0 Å². The summed E-state index contributed by atoms with van der Waals surface area (Å²) >= 11 is 0. The van der Waals surface area contributed by atoms with Crippen molar-refractivity contribution in [3.8, 4) is 0 Å². The molecule has 0 bridgehead atoms. The third-order valence-corrected chi connectivity index (χ3v) is 7.13. The third kappa shape index (κ3) is 5.32. The highest BCUT2D eigenvalue weighted by Gasteiger charge is 2.44. The fraction of sp³-hybridized carbons (Fsp3) is 0.600. The molecular weight excluding hydrogens is 380 g/mol. The van der Waals surface area contributed by atoms with Gasteiger partial charge < -0.3 is 10.5 Å². The number of amides is 1. The van der Waals surface area contributed by atoms with Crippen LogP contribution in [-0.2, 0) is 30.8 Å². The fourth-order valence-corrected chi connectivity index (χ4v) is 5.25. The predicted octanol–water partition coefficient (Wildman–Crippen LogP) is 1.71. The summed E-state index contributed by atoms with van der Waals surface area (Å²) in [5.74, 6) is -2.28. The molecule has 1 aliphatic rings. The minimum Gasteiger partial charge on any atom is -0.464 e. The molecule has 2 unspecified atom stereocenters. The third-order valence-electron chi connectivity index (χ3n) is 5.29. The molecule has 4 atom stereocenters. The van der Waals surface area contributed by atoms with Gasteiger partial charge >= 0.3 is 5.97 Å². The van der Waals surface area contributed by atoms with Gasteiger partial charge in [0.25, 0.3) is 0 Å². The molecule has 0 radical (unpaired) electrons. The maximum atomic E-state index is 13.1. The molecule has 156 valence electrons. The van der Waals surface area contributed by atoms with Crippen LogP contribution in [0.5, 0.6) is 0 Å². The number of carbonyl (C=O) groups is 2. The second-order valence-corrected chi connectivity index (χ2v) is 9.42. The first-order valence-corrected chi connectivity index (χ1v) is 11.3. The van der Waals surface area contributed by atoms with E-state index in [1.807, 2.05) is 44.2 Å². The van der Waals surface area contributed by atoms with E-state index in [4.69, 9.17) is 10.5 Å². The summed E-state index contributed by atoms with van der Waals surface area (Å²) in [6, 6.07) is 7.63. The molecule has 1 aromatic carbocycles. The highest BCUT2D eigenvalue weighted by Crippen LogP contribution is 2.24. The Morgan fingerprint density at radius 1 is 1.29 bits per heavy atom. The van der Waals surface area contributed by atoms with Crippen molar-refractivity contribution in [1.29, 1.82) is 0 Å². The van der Waals surface area contributed by atoms with E-state index in [1.54, 1.807) is 6.92 Å². The lowest BCUT2D eigenvalue weighted by molar-refractivity contribution is -0.145. The SMILES string of the molecule is CC[C@H](C)C(N)CS(=O)(=O)N(C(=O)C(C)Cc1ccccc1)[C@H]1CCOC1=O. The zero-order valence-electron chi connectivity index (χ0n) is 16.7.